The Morgan fingerprint density at radius 3 is 2.32 bits per heavy atom. The van der Waals surface area contributed by atoms with Crippen LogP contribution in [0.2, 0.25) is 0 Å². The summed E-state index contributed by atoms with van der Waals surface area (Å²) in [5.74, 6) is 6.38. The van der Waals surface area contributed by atoms with Crippen molar-refractivity contribution >= 4 is 0 Å². The fraction of sp³-hybridized carbons (Fsp3) is 0.579. The van der Waals surface area contributed by atoms with Crippen LogP contribution in [0.4, 0.5) is 0 Å². The Morgan fingerprint density at radius 1 is 0.842 bits per heavy atom. The van der Waals surface area contributed by atoms with Crippen molar-refractivity contribution in [3.05, 3.63) is 49.1 Å². The van der Waals surface area contributed by atoms with Crippen molar-refractivity contribution in [2.45, 2.75) is 25.7 Å². The quantitative estimate of drug-likeness (QED) is 0.590. The van der Waals surface area contributed by atoms with Crippen LogP contribution in [0.15, 0.2) is 49.1 Å². The molecule has 0 aliphatic heterocycles. The van der Waals surface area contributed by atoms with Gasteiger partial charge in [-0.2, -0.15) is 0 Å². The van der Waals surface area contributed by atoms with E-state index in [0.717, 1.165) is 41.4 Å². The first-order valence-electron chi connectivity index (χ1n) is 8.01. The van der Waals surface area contributed by atoms with E-state index in [1.165, 1.54) is 25.7 Å². The smallest absolute Gasteiger partial charge is 0.0133 e. The van der Waals surface area contributed by atoms with Crippen molar-refractivity contribution in [1.82, 2.24) is 0 Å². The van der Waals surface area contributed by atoms with E-state index in [9.17, 15) is 0 Å². The van der Waals surface area contributed by atoms with Gasteiger partial charge in [0.1, 0.15) is 0 Å². The lowest BCUT2D eigenvalue weighted by atomic mass is 9.86. The third-order valence-corrected chi connectivity index (χ3v) is 6.09. The van der Waals surface area contributed by atoms with Gasteiger partial charge in [0.25, 0.3) is 0 Å². The van der Waals surface area contributed by atoms with Gasteiger partial charge in [-0.25, -0.2) is 0 Å². The second-order valence-corrected chi connectivity index (χ2v) is 7.03. The lowest BCUT2D eigenvalue weighted by Gasteiger charge is -2.18. The SMILES string of the molecule is C1=CC2C3C=CC(C3)C2C1.C=CC1CC2C=CC1C2. The van der Waals surface area contributed by atoms with E-state index in [-0.39, 0.29) is 0 Å². The summed E-state index contributed by atoms with van der Waals surface area (Å²) in [6.45, 7) is 3.83. The highest BCUT2D eigenvalue weighted by Gasteiger charge is 2.44. The molecule has 0 aromatic carbocycles. The molecule has 0 saturated heterocycles. The Labute approximate surface area is 117 Å². The summed E-state index contributed by atoms with van der Waals surface area (Å²) < 4.78 is 0. The van der Waals surface area contributed by atoms with Gasteiger partial charge >= 0.3 is 0 Å². The summed E-state index contributed by atoms with van der Waals surface area (Å²) in [6, 6.07) is 0. The average Bonchev–Trinajstić information content (AvgIpc) is 3.21. The molecule has 0 heterocycles. The topological polar surface area (TPSA) is 0 Å². The molecule has 5 aliphatic carbocycles. The fourth-order valence-corrected chi connectivity index (χ4v) is 5.07. The number of hydrogen-bond donors (Lipinski definition) is 0. The van der Waals surface area contributed by atoms with Crippen LogP contribution in [0.3, 0.4) is 0 Å². The van der Waals surface area contributed by atoms with Crippen LogP contribution >= 0.6 is 0 Å². The summed E-state index contributed by atoms with van der Waals surface area (Å²) in [5, 5.41) is 0. The summed E-state index contributed by atoms with van der Waals surface area (Å²) in [6.07, 6.45) is 22.1. The standard InChI is InChI=1S/C10H12.C9H12/c1-2-9-7-4-5-8(6-7)10(9)3-1;1-2-8-5-7-3-4-9(8)6-7/h1-2,4-5,7-10H,3,6H2;2-4,7-9H,1,5-6H2. The average molecular weight is 252 g/mol. The third kappa shape index (κ3) is 1.88. The zero-order valence-corrected chi connectivity index (χ0v) is 11.6. The fourth-order valence-electron chi connectivity index (χ4n) is 5.07. The van der Waals surface area contributed by atoms with Gasteiger partial charge in [-0.1, -0.05) is 42.5 Å². The van der Waals surface area contributed by atoms with Crippen molar-refractivity contribution in [2.75, 3.05) is 0 Å². The molecule has 0 N–H and O–H groups in total. The van der Waals surface area contributed by atoms with Crippen molar-refractivity contribution < 1.29 is 0 Å². The van der Waals surface area contributed by atoms with Crippen LogP contribution in [-0.2, 0) is 0 Å². The number of fused-ring (bicyclic) bond motifs is 7. The molecule has 0 aromatic rings. The molecular weight excluding hydrogens is 228 g/mol. The lowest BCUT2D eigenvalue weighted by molar-refractivity contribution is 0.398. The minimum atomic E-state index is 0.806. The van der Waals surface area contributed by atoms with Crippen LogP contribution in [0.25, 0.3) is 0 Å². The molecule has 0 aromatic heterocycles. The maximum absolute atomic E-state index is 3.83. The van der Waals surface area contributed by atoms with Gasteiger partial charge in [0, 0.05) is 0 Å². The molecule has 0 radical (unpaired) electrons. The molecular formula is C19H24. The molecule has 5 aliphatic rings. The van der Waals surface area contributed by atoms with Crippen LogP contribution in [0.1, 0.15) is 25.7 Å². The van der Waals surface area contributed by atoms with Gasteiger partial charge in [0.2, 0.25) is 0 Å². The number of allylic oxidation sites excluding steroid dienone is 7. The van der Waals surface area contributed by atoms with E-state index in [1.54, 1.807) is 0 Å². The van der Waals surface area contributed by atoms with Crippen molar-refractivity contribution in [1.29, 1.82) is 0 Å². The molecule has 0 nitrogen and oxygen atoms in total. The lowest BCUT2D eigenvalue weighted by Crippen LogP contribution is -2.12. The van der Waals surface area contributed by atoms with Gasteiger partial charge in [-0.3, -0.25) is 0 Å². The maximum atomic E-state index is 3.83. The first-order valence-corrected chi connectivity index (χ1v) is 8.01. The molecule has 5 rings (SSSR count). The number of hydrogen-bond acceptors (Lipinski definition) is 0. The Hall–Kier alpha value is -1.04. The van der Waals surface area contributed by atoms with Gasteiger partial charge < -0.3 is 0 Å². The summed E-state index contributed by atoms with van der Waals surface area (Å²) in [7, 11) is 0. The first-order chi connectivity index (χ1) is 9.35. The molecule has 2 fully saturated rings. The van der Waals surface area contributed by atoms with Gasteiger partial charge in [0.05, 0.1) is 0 Å². The summed E-state index contributed by atoms with van der Waals surface area (Å²) in [5.41, 5.74) is 0. The van der Waals surface area contributed by atoms with Gasteiger partial charge in [0.15, 0.2) is 0 Å². The largest absolute Gasteiger partial charge is 0.103 e. The molecule has 100 valence electrons. The van der Waals surface area contributed by atoms with Crippen molar-refractivity contribution in [3.63, 3.8) is 0 Å². The van der Waals surface area contributed by atoms with Crippen LogP contribution in [0, 0.1) is 41.4 Å². The van der Waals surface area contributed by atoms with Gasteiger partial charge in [-0.15, -0.1) is 6.58 Å². The van der Waals surface area contributed by atoms with E-state index >= 15 is 0 Å². The molecule has 0 heteroatoms. The zero-order chi connectivity index (χ0) is 12.8. The van der Waals surface area contributed by atoms with E-state index in [2.05, 4.69) is 49.1 Å². The molecule has 0 spiro atoms. The Balaban J connectivity index is 0.000000103. The number of rotatable bonds is 1. The molecule has 0 amide bonds. The van der Waals surface area contributed by atoms with E-state index in [0.29, 0.717) is 0 Å². The predicted octanol–water partition coefficient (Wildman–Crippen LogP) is 4.77. The normalized spacial score (nSPS) is 50.4. The molecule has 2 saturated carbocycles. The second kappa shape index (κ2) is 4.51. The summed E-state index contributed by atoms with van der Waals surface area (Å²) >= 11 is 0. The van der Waals surface area contributed by atoms with Crippen molar-refractivity contribution in [3.8, 4) is 0 Å². The Bertz CT molecular complexity index is 453. The highest BCUT2D eigenvalue weighted by molar-refractivity contribution is 5.21. The highest BCUT2D eigenvalue weighted by Crippen LogP contribution is 2.52. The Kier molecular flexibility index (Phi) is 2.79. The maximum Gasteiger partial charge on any atom is -0.0133 e. The van der Waals surface area contributed by atoms with Crippen LogP contribution in [0.5, 0.6) is 0 Å². The molecule has 7 atom stereocenters. The second-order valence-electron chi connectivity index (χ2n) is 7.03. The predicted molar refractivity (Wildman–Crippen MR) is 80.5 cm³/mol. The third-order valence-electron chi connectivity index (χ3n) is 6.09. The molecule has 7 unspecified atom stereocenters. The highest BCUT2D eigenvalue weighted by atomic mass is 14.5. The van der Waals surface area contributed by atoms with E-state index < -0.39 is 0 Å². The van der Waals surface area contributed by atoms with E-state index in [4.69, 9.17) is 0 Å². The molecule has 4 bridgehead atoms. The monoisotopic (exact) mass is 252 g/mol. The van der Waals surface area contributed by atoms with Gasteiger partial charge in [-0.05, 0) is 67.1 Å². The Morgan fingerprint density at radius 2 is 1.68 bits per heavy atom. The van der Waals surface area contributed by atoms with Crippen molar-refractivity contribution in [2.24, 2.45) is 41.4 Å². The van der Waals surface area contributed by atoms with Crippen LogP contribution in [-0.4, -0.2) is 0 Å². The van der Waals surface area contributed by atoms with E-state index in [1.807, 2.05) is 0 Å². The molecule has 19 heavy (non-hydrogen) atoms. The minimum Gasteiger partial charge on any atom is -0.103 e. The minimum absolute atomic E-state index is 0.806. The summed E-state index contributed by atoms with van der Waals surface area (Å²) in [4.78, 5) is 0. The zero-order valence-electron chi connectivity index (χ0n) is 11.6. The first kappa shape index (κ1) is 11.8. The van der Waals surface area contributed by atoms with Crippen LogP contribution < -0.4 is 0 Å².